The van der Waals surface area contributed by atoms with Crippen molar-refractivity contribution in [1.82, 2.24) is 0 Å². The summed E-state index contributed by atoms with van der Waals surface area (Å²) in [6.45, 7) is 4.12. The molecule has 2 aromatic carbocycles. The first-order valence-corrected chi connectivity index (χ1v) is 6.80. The van der Waals surface area contributed by atoms with Gasteiger partial charge >= 0.3 is 0 Å². The molecule has 20 heavy (non-hydrogen) atoms. The molecular formula is C17H18N2O. The van der Waals surface area contributed by atoms with E-state index in [0.717, 1.165) is 11.3 Å². The Morgan fingerprint density at radius 1 is 1.00 bits per heavy atom. The molecule has 102 valence electrons. The van der Waals surface area contributed by atoms with Crippen LogP contribution >= 0.6 is 0 Å². The minimum absolute atomic E-state index is 0.0119. The second-order valence-corrected chi connectivity index (χ2v) is 5.36. The van der Waals surface area contributed by atoms with E-state index in [0.29, 0.717) is 0 Å². The van der Waals surface area contributed by atoms with Gasteiger partial charge in [0, 0.05) is 5.69 Å². The van der Waals surface area contributed by atoms with Gasteiger partial charge in [-0.1, -0.05) is 36.4 Å². The Morgan fingerprint density at radius 3 is 2.35 bits per heavy atom. The Labute approximate surface area is 119 Å². The maximum Gasteiger partial charge on any atom is 0.247 e. The molecule has 1 saturated heterocycles. The Bertz CT molecular complexity index is 651. The molecule has 1 fully saturated rings. The van der Waals surface area contributed by atoms with Gasteiger partial charge in [0.15, 0.2) is 0 Å². The van der Waals surface area contributed by atoms with Crippen molar-refractivity contribution in [1.29, 1.82) is 0 Å². The molecule has 1 amide bonds. The van der Waals surface area contributed by atoms with E-state index in [-0.39, 0.29) is 11.9 Å². The molecular weight excluding hydrogens is 248 g/mol. The number of anilines is 1. The minimum atomic E-state index is -0.445. The van der Waals surface area contributed by atoms with Crippen LogP contribution in [0.3, 0.4) is 0 Å². The van der Waals surface area contributed by atoms with Gasteiger partial charge in [-0.3, -0.25) is 4.79 Å². The molecule has 0 aliphatic carbocycles. The molecule has 2 N–H and O–H groups in total. The number of carbonyl (C=O) groups excluding carboxylic acids is 1. The Morgan fingerprint density at radius 2 is 1.70 bits per heavy atom. The summed E-state index contributed by atoms with van der Waals surface area (Å²) in [7, 11) is 0. The molecule has 0 bridgehead atoms. The Hall–Kier alpha value is -2.13. The van der Waals surface area contributed by atoms with Crippen LogP contribution in [0.1, 0.15) is 22.7 Å². The molecule has 2 atom stereocenters. The number of carbonyl (C=O) groups is 1. The van der Waals surface area contributed by atoms with Crippen molar-refractivity contribution >= 4 is 11.6 Å². The van der Waals surface area contributed by atoms with Gasteiger partial charge in [0.05, 0.1) is 6.04 Å². The van der Waals surface area contributed by atoms with Crippen LogP contribution in [-0.4, -0.2) is 11.9 Å². The lowest BCUT2D eigenvalue weighted by Crippen LogP contribution is -2.63. The summed E-state index contributed by atoms with van der Waals surface area (Å²) in [5.41, 5.74) is 10.4. The first kappa shape index (κ1) is 12.9. The number of hydrogen-bond donors (Lipinski definition) is 1. The predicted molar refractivity (Wildman–Crippen MR) is 80.6 cm³/mol. The van der Waals surface area contributed by atoms with E-state index >= 15 is 0 Å². The predicted octanol–water partition coefficient (Wildman–Crippen LogP) is 2.72. The Balaban J connectivity index is 1.99. The molecule has 3 rings (SSSR count). The number of nitrogens with zero attached hydrogens (tertiary/aromatic N) is 1. The van der Waals surface area contributed by atoms with Gasteiger partial charge in [-0.05, 0) is 42.7 Å². The molecule has 0 radical (unpaired) electrons. The third-order valence-corrected chi connectivity index (χ3v) is 4.05. The molecule has 1 aliphatic rings. The monoisotopic (exact) mass is 266 g/mol. The van der Waals surface area contributed by atoms with Crippen molar-refractivity contribution in [2.45, 2.75) is 25.9 Å². The summed E-state index contributed by atoms with van der Waals surface area (Å²) >= 11 is 0. The number of β-lactam (4-membered cyclic amide) rings is 1. The van der Waals surface area contributed by atoms with Gasteiger partial charge in [0.1, 0.15) is 6.04 Å². The van der Waals surface area contributed by atoms with E-state index in [2.05, 4.69) is 19.9 Å². The van der Waals surface area contributed by atoms with Crippen LogP contribution in [0, 0.1) is 13.8 Å². The van der Waals surface area contributed by atoms with Crippen molar-refractivity contribution in [3.63, 3.8) is 0 Å². The second kappa shape index (κ2) is 4.76. The quantitative estimate of drug-likeness (QED) is 0.849. The van der Waals surface area contributed by atoms with Gasteiger partial charge in [0.2, 0.25) is 5.91 Å². The van der Waals surface area contributed by atoms with Gasteiger partial charge in [0.25, 0.3) is 0 Å². The van der Waals surface area contributed by atoms with Gasteiger partial charge in [-0.2, -0.15) is 0 Å². The molecule has 1 heterocycles. The van der Waals surface area contributed by atoms with Gasteiger partial charge in [-0.15, -0.1) is 0 Å². The normalized spacial score (nSPS) is 21.8. The maximum atomic E-state index is 12.1. The van der Waals surface area contributed by atoms with Gasteiger partial charge < -0.3 is 10.6 Å². The molecule has 0 spiro atoms. The molecule has 1 aliphatic heterocycles. The smallest absolute Gasteiger partial charge is 0.247 e. The van der Waals surface area contributed by atoms with Gasteiger partial charge in [-0.25, -0.2) is 0 Å². The highest BCUT2D eigenvalue weighted by molar-refractivity contribution is 6.05. The lowest BCUT2D eigenvalue weighted by molar-refractivity contribution is -0.126. The highest BCUT2D eigenvalue weighted by Gasteiger charge is 2.46. The summed E-state index contributed by atoms with van der Waals surface area (Å²) in [6, 6.07) is 15.5. The fourth-order valence-corrected chi connectivity index (χ4v) is 2.68. The summed E-state index contributed by atoms with van der Waals surface area (Å²) < 4.78 is 0. The van der Waals surface area contributed by atoms with Crippen LogP contribution in [0.15, 0.2) is 48.5 Å². The maximum absolute atomic E-state index is 12.1. The van der Waals surface area contributed by atoms with E-state index in [4.69, 9.17) is 5.73 Å². The van der Waals surface area contributed by atoms with E-state index in [1.807, 2.05) is 42.5 Å². The van der Waals surface area contributed by atoms with Crippen LogP contribution < -0.4 is 10.6 Å². The first-order chi connectivity index (χ1) is 9.59. The van der Waals surface area contributed by atoms with Crippen molar-refractivity contribution in [2.75, 3.05) is 4.90 Å². The average Bonchev–Trinajstić information content (AvgIpc) is 2.47. The zero-order valence-electron chi connectivity index (χ0n) is 11.7. The zero-order chi connectivity index (χ0) is 14.3. The molecule has 0 saturated carbocycles. The van der Waals surface area contributed by atoms with Crippen LogP contribution in [-0.2, 0) is 4.79 Å². The number of rotatable bonds is 2. The minimum Gasteiger partial charge on any atom is -0.318 e. The van der Waals surface area contributed by atoms with E-state index in [9.17, 15) is 4.79 Å². The fourth-order valence-electron chi connectivity index (χ4n) is 2.68. The largest absolute Gasteiger partial charge is 0.318 e. The molecule has 3 nitrogen and oxygen atoms in total. The lowest BCUT2D eigenvalue weighted by atomic mass is 9.88. The molecule has 0 aromatic heterocycles. The highest BCUT2D eigenvalue weighted by atomic mass is 16.2. The summed E-state index contributed by atoms with van der Waals surface area (Å²) in [6.07, 6.45) is 0. The van der Waals surface area contributed by atoms with Crippen molar-refractivity contribution in [3.8, 4) is 0 Å². The molecule has 2 aromatic rings. The van der Waals surface area contributed by atoms with Crippen molar-refractivity contribution in [2.24, 2.45) is 5.73 Å². The van der Waals surface area contributed by atoms with E-state index in [1.54, 1.807) is 4.90 Å². The second-order valence-electron chi connectivity index (χ2n) is 5.36. The molecule has 3 heteroatoms. The number of hydrogen-bond acceptors (Lipinski definition) is 2. The van der Waals surface area contributed by atoms with Crippen LogP contribution in [0.25, 0.3) is 0 Å². The van der Waals surface area contributed by atoms with Crippen LogP contribution in [0.2, 0.25) is 0 Å². The number of benzene rings is 2. The Kier molecular flexibility index (Phi) is 3.07. The number of nitrogens with two attached hydrogens (primary N) is 1. The summed E-state index contributed by atoms with van der Waals surface area (Å²) in [5, 5.41) is 0. The zero-order valence-corrected chi connectivity index (χ0v) is 11.7. The highest BCUT2D eigenvalue weighted by Crippen LogP contribution is 2.38. The standard InChI is InChI=1S/C17H18N2O/c1-11-8-9-14(10-12(11)2)19-16(15(18)17(19)20)13-6-4-3-5-7-13/h3-10,15-16H,18H2,1-2H3. The topological polar surface area (TPSA) is 46.3 Å². The average molecular weight is 266 g/mol. The summed E-state index contributed by atoms with van der Waals surface area (Å²) in [4.78, 5) is 13.9. The van der Waals surface area contributed by atoms with Crippen LogP contribution in [0.5, 0.6) is 0 Å². The third kappa shape index (κ3) is 1.91. The van der Waals surface area contributed by atoms with Crippen molar-refractivity contribution < 1.29 is 4.79 Å². The summed E-state index contributed by atoms with van der Waals surface area (Å²) in [5.74, 6) is -0.0119. The SMILES string of the molecule is Cc1ccc(N2C(=O)C(N)C2c2ccccc2)cc1C. The first-order valence-electron chi connectivity index (χ1n) is 6.80. The fraction of sp³-hybridized carbons (Fsp3) is 0.235. The number of aryl methyl sites for hydroxylation is 2. The van der Waals surface area contributed by atoms with Crippen molar-refractivity contribution in [3.05, 3.63) is 65.2 Å². The lowest BCUT2D eigenvalue weighted by Gasteiger charge is -2.45. The van der Waals surface area contributed by atoms with E-state index < -0.39 is 6.04 Å². The third-order valence-electron chi connectivity index (χ3n) is 4.05. The van der Waals surface area contributed by atoms with E-state index in [1.165, 1.54) is 11.1 Å². The molecule has 2 unspecified atom stereocenters. The number of amides is 1. The van der Waals surface area contributed by atoms with Crippen LogP contribution in [0.4, 0.5) is 5.69 Å².